The van der Waals surface area contributed by atoms with Gasteiger partial charge in [0.1, 0.15) is 0 Å². The molecular formula is C11H26IN3S. The summed E-state index contributed by atoms with van der Waals surface area (Å²) >= 11 is 1.90. The van der Waals surface area contributed by atoms with Gasteiger partial charge in [0.05, 0.1) is 0 Å². The van der Waals surface area contributed by atoms with E-state index in [0.29, 0.717) is 6.04 Å². The van der Waals surface area contributed by atoms with Crippen LogP contribution in [0.25, 0.3) is 0 Å². The van der Waals surface area contributed by atoms with Crippen LogP contribution >= 0.6 is 35.7 Å². The summed E-state index contributed by atoms with van der Waals surface area (Å²) in [4.78, 5) is 4.51. The summed E-state index contributed by atoms with van der Waals surface area (Å²) in [6.07, 6.45) is 4.58. The van der Waals surface area contributed by atoms with Gasteiger partial charge in [-0.25, -0.2) is 0 Å². The Morgan fingerprint density at radius 1 is 1.31 bits per heavy atom. The molecule has 0 spiro atoms. The smallest absolute Gasteiger partial charge is 0.191 e. The summed E-state index contributed by atoms with van der Waals surface area (Å²) in [5, 5.41) is 6.54. The van der Waals surface area contributed by atoms with Crippen LogP contribution in [0, 0.1) is 0 Å². The molecule has 0 aliphatic rings. The molecule has 0 aromatic rings. The third-order valence-electron chi connectivity index (χ3n) is 1.80. The van der Waals surface area contributed by atoms with Gasteiger partial charge >= 0.3 is 0 Å². The fourth-order valence-electron chi connectivity index (χ4n) is 1.14. The molecule has 0 aliphatic carbocycles. The third-order valence-corrected chi connectivity index (χ3v) is 2.49. The SMILES string of the molecule is CCNC(=NCCCCSC)NC(C)C.I. The van der Waals surface area contributed by atoms with Crippen LogP contribution in [0.4, 0.5) is 0 Å². The number of rotatable bonds is 7. The molecule has 0 saturated heterocycles. The molecule has 0 aromatic carbocycles. The molecule has 0 aliphatic heterocycles. The lowest BCUT2D eigenvalue weighted by Crippen LogP contribution is -2.41. The Bertz CT molecular complexity index is 175. The van der Waals surface area contributed by atoms with Crippen molar-refractivity contribution < 1.29 is 0 Å². The average Bonchev–Trinajstić information content (AvgIpc) is 2.17. The van der Waals surface area contributed by atoms with Crippen molar-refractivity contribution >= 4 is 41.7 Å². The molecule has 16 heavy (non-hydrogen) atoms. The first kappa shape index (κ1) is 18.7. The van der Waals surface area contributed by atoms with E-state index in [9.17, 15) is 0 Å². The second-order valence-electron chi connectivity index (χ2n) is 3.76. The second kappa shape index (κ2) is 13.4. The maximum Gasteiger partial charge on any atom is 0.191 e. The van der Waals surface area contributed by atoms with Crippen LogP contribution in [0.3, 0.4) is 0 Å². The molecule has 2 N–H and O–H groups in total. The minimum Gasteiger partial charge on any atom is -0.357 e. The topological polar surface area (TPSA) is 36.4 Å². The monoisotopic (exact) mass is 359 g/mol. The maximum absolute atomic E-state index is 4.51. The highest BCUT2D eigenvalue weighted by Crippen LogP contribution is 1.98. The molecule has 0 heterocycles. The molecule has 0 atom stereocenters. The lowest BCUT2D eigenvalue weighted by atomic mass is 10.3. The largest absolute Gasteiger partial charge is 0.357 e. The number of hydrogen-bond donors (Lipinski definition) is 2. The van der Waals surface area contributed by atoms with Crippen LogP contribution in [-0.4, -0.2) is 37.1 Å². The number of thioether (sulfide) groups is 1. The minimum atomic E-state index is 0. The van der Waals surface area contributed by atoms with Crippen molar-refractivity contribution in [2.75, 3.05) is 25.1 Å². The van der Waals surface area contributed by atoms with Gasteiger partial charge in [-0.2, -0.15) is 11.8 Å². The summed E-state index contributed by atoms with van der Waals surface area (Å²) in [6.45, 7) is 8.18. The van der Waals surface area contributed by atoms with Gasteiger partial charge in [0, 0.05) is 19.1 Å². The van der Waals surface area contributed by atoms with Gasteiger partial charge in [-0.05, 0) is 45.6 Å². The molecule has 0 aromatic heterocycles. The third kappa shape index (κ3) is 12.4. The van der Waals surface area contributed by atoms with Crippen molar-refractivity contribution in [2.24, 2.45) is 4.99 Å². The number of unbranched alkanes of at least 4 members (excludes halogenated alkanes) is 1. The summed E-state index contributed by atoms with van der Waals surface area (Å²) in [5.74, 6) is 2.18. The maximum atomic E-state index is 4.51. The van der Waals surface area contributed by atoms with Crippen molar-refractivity contribution in [3.05, 3.63) is 0 Å². The Hall–Kier alpha value is 0.350. The number of halogens is 1. The average molecular weight is 359 g/mol. The van der Waals surface area contributed by atoms with Gasteiger partial charge in [-0.3, -0.25) is 4.99 Å². The lowest BCUT2D eigenvalue weighted by Gasteiger charge is -2.13. The molecule has 5 heteroatoms. The molecule has 0 unspecified atom stereocenters. The van der Waals surface area contributed by atoms with Crippen LogP contribution < -0.4 is 10.6 Å². The van der Waals surface area contributed by atoms with Crippen molar-refractivity contribution in [3.63, 3.8) is 0 Å². The lowest BCUT2D eigenvalue weighted by molar-refractivity contribution is 0.696. The summed E-state index contributed by atoms with van der Waals surface area (Å²) in [5.41, 5.74) is 0. The molecule has 0 amide bonds. The first-order valence-corrected chi connectivity index (χ1v) is 7.13. The molecule has 0 bridgehead atoms. The summed E-state index contributed by atoms with van der Waals surface area (Å²) < 4.78 is 0. The highest BCUT2D eigenvalue weighted by molar-refractivity contribution is 14.0. The number of guanidine groups is 1. The Balaban J connectivity index is 0. The van der Waals surface area contributed by atoms with E-state index >= 15 is 0 Å². The zero-order valence-electron chi connectivity index (χ0n) is 10.9. The number of nitrogens with one attached hydrogen (secondary N) is 2. The van der Waals surface area contributed by atoms with E-state index in [-0.39, 0.29) is 24.0 Å². The predicted molar refractivity (Wildman–Crippen MR) is 87.3 cm³/mol. The van der Waals surface area contributed by atoms with E-state index in [4.69, 9.17) is 0 Å². The number of aliphatic imine (C=N–C) groups is 1. The molecule has 0 rings (SSSR count). The van der Waals surface area contributed by atoms with E-state index in [1.54, 1.807) is 0 Å². The van der Waals surface area contributed by atoms with Crippen LogP contribution in [-0.2, 0) is 0 Å². The first-order chi connectivity index (χ1) is 7.20. The molecule has 0 radical (unpaired) electrons. The van der Waals surface area contributed by atoms with Crippen molar-refractivity contribution in [3.8, 4) is 0 Å². The molecule has 0 fully saturated rings. The molecule has 98 valence electrons. The van der Waals surface area contributed by atoms with Crippen molar-refractivity contribution in [2.45, 2.75) is 39.7 Å². The van der Waals surface area contributed by atoms with Gasteiger partial charge in [-0.15, -0.1) is 24.0 Å². The van der Waals surface area contributed by atoms with Crippen LogP contribution in [0.15, 0.2) is 4.99 Å². The molecule has 3 nitrogen and oxygen atoms in total. The second-order valence-corrected chi connectivity index (χ2v) is 4.75. The van der Waals surface area contributed by atoms with Crippen LogP contribution in [0.5, 0.6) is 0 Å². The fraction of sp³-hybridized carbons (Fsp3) is 0.909. The Labute approximate surface area is 122 Å². The predicted octanol–water partition coefficient (Wildman–Crippen LogP) is 2.71. The fourth-order valence-corrected chi connectivity index (χ4v) is 1.64. The summed E-state index contributed by atoms with van der Waals surface area (Å²) in [7, 11) is 0. The molecular weight excluding hydrogens is 333 g/mol. The first-order valence-electron chi connectivity index (χ1n) is 5.74. The Morgan fingerprint density at radius 3 is 2.50 bits per heavy atom. The van der Waals surface area contributed by atoms with Gasteiger partial charge in [-0.1, -0.05) is 0 Å². The quantitative estimate of drug-likeness (QED) is 0.318. The van der Waals surface area contributed by atoms with E-state index in [1.165, 1.54) is 18.6 Å². The zero-order chi connectivity index (χ0) is 11.5. The number of nitrogens with zero attached hydrogens (tertiary/aromatic N) is 1. The van der Waals surface area contributed by atoms with Gasteiger partial charge in [0.15, 0.2) is 5.96 Å². The Morgan fingerprint density at radius 2 is 2.00 bits per heavy atom. The standard InChI is InChI=1S/C11H25N3S.HI/c1-5-12-11(14-10(2)3)13-8-6-7-9-15-4;/h10H,5-9H2,1-4H3,(H2,12,13,14);1H. The molecule has 0 saturated carbocycles. The van der Waals surface area contributed by atoms with Gasteiger partial charge in [0.25, 0.3) is 0 Å². The normalized spacial score (nSPS) is 11.2. The van der Waals surface area contributed by atoms with Crippen molar-refractivity contribution in [1.29, 1.82) is 0 Å². The summed E-state index contributed by atoms with van der Waals surface area (Å²) in [6, 6.07) is 0.439. The van der Waals surface area contributed by atoms with E-state index in [0.717, 1.165) is 19.0 Å². The van der Waals surface area contributed by atoms with Crippen LogP contribution in [0.2, 0.25) is 0 Å². The van der Waals surface area contributed by atoms with E-state index in [1.807, 2.05) is 11.8 Å². The minimum absolute atomic E-state index is 0. The van der Waals surface area contributed by atoms with Crippen molar-refractivity contribution in [1.82, 2.24) is 10.6 Å². The van der Waals surface area contributed by atoms with Gasteiger partial charge < -0.3 is 10.6 Å². The highest BCUT2D eigenvalue weighted by Gasteiger charge is 1.98. The Kier molecular flexibility index (Phi) is 15.7. The zero-order valence-corrected chi connectivity index (χ0v) is 14.0. The van der Waals surface area contributed by atoms with Gasteiger partial charge in [0.2, 0.25) is 0 Å². The van der Waals surface area contributed by atoms with Crippen LogP contribution in [0.1, 0.15) is 33.6 Å². The van der Waals surface area contributed by atoms with E-state index in [2.05, 4.69) is 42.7 Å². The number of hydrogen-bond acceptors (Lipinski definition) is 2. The highest BCUT2D eigenvalue weighted by atomic mass is 127. The van der Waals surface area contributed by atoms with E-state index < -0.39 is 0 Å².